The summed E-state index contributed by atoms with van der Waals surface area (Å²) in [6.45, 7) is -0.360. The van der Waals surface area contributed by atoms with Crippen molar-refractivity contribution in [3.05, 3.63) is 54.6 Å². The molecular formula is C16H19NO5S. The Morgan fingerprint density at radius 1 is 1.04 bits per heavy atom. The van der Waals surface area contributed by atoms with Gasteiger partial charge in [-0.05, 0) is 24.3 Å². The summed E-state index contributed by atoms with van der Waals surface area (Å²) in [5.41, 5.74) is 0.358. The van der Waals surface area contributed by atoms with Crippen LogP contribution >= 0.6 is 0 Å². The van der Waals surface area contributed by atoms with Crippen LogP contribution < -0.4 is 10.1 Å². The molecule has 2 aromatic carbocycles. The van der Waals surface area contributed by atoms with Gasteiger partial charge in [-0.15, -0.1) is 0 Å². The fourth-order valence-electron chi connectivity index (χ4n) is 1.90. The van der Waals surface area contributed by atoms with Crippen molar-refractivity contribution >= 4 is 15.5 Å². The van der Waals surface area contributed by atoms with E-state index in [1.165, 1.54) is 6.07 Å². The summed E-state index contributed by atoms with van der Waals surface area (Å²) in [5.74, 6) is -0.0182. The summed E-state index contributed by atoms with van der Waals surface area (Å²) in [6.07, 6.45) is -0.966. The summed E-state index contributed by atoms with van der Waals surface area (Å²) in [7, 11) is -3.67. The van der Waals surface area contributed by atoms with Crippen LogP contribution in [-0.2, 0) is 9.84 Å². The molecule has 2 aromatic rings. The third-order valence-electron chi connectivity index (χ3n) is 3.08. The molecule has 2 rings (SSSR count). The Labute approximate surface area is 135 Å². The van der Waals surface area contributed by atoms with Crippen molar-refractivity contribution < 1.29 is 23.4 Å². The van der Waals surface area contributed by atoms with E-state index in [0.29, 0.717) is 11.4 Å². The van der Waals surface area contributed by atoms with Crippen molar-refractivity contribution in [2.45, 2.75) is 11.0 Å². The minimum atomic E-state index is -3.67. The van der Waals surface area contributed by atoms with E-state index in [1.54, 1.807) is 42.5 Å². The van der Waals surface area contributed by atoms with Crippen LogP contribution in [-0.4, -0.2) is 43.8 Å². The number of hydrogen-bond acceptors (Lipinski definition) is 6. The molecule has 1 unspecified atom stereocenters. The molecule has 0 spiro atoms. The average molecular weight is 337 g/mol. The van der Waals surface area contributed by atoms with Crippen LogP contribution in [0.25, 0.3) is 0 Å². The SMILES string of the molecule is O=S(=O)(COc1ccccc1)c1ccccc1NCC(O)CO. The third kappa shape index (κ3) is 4.95. The first kappa shape index (κ1) is 17.3. The van der Waals surface area contributed by atoms with Crippen molar-refractivity contribution in [3.8, 4) is 5.75 Å². The predicted molar refractivity (Wildman–Crippen MR) is 87.1 cm³/mol. The molecule has 0 fully saturated rings. The number of aliphatic hydroxyl groups excluding tert-OH is 2. The van der Waals surface area contributed by atoms with Crippen LogP contribution in [0.4, 0.5) is 5.69 Å². The van der Waals surface area contributed by atoms with Gasteiger partial charge in [0.25, 0.3) is 0 Å². The highest BCUT2D eigenvalue weighted by atomic mass is 32.2. The summed E-state index contributed by atoms with van der Waals surface area (Å²) < 4.78 is 30.2. The topological polar surface area (TPSA) is 95.9 Å². The maximum absolute atomic E-state index is 12.5. The number of hydrogen-bond donors (Lipinski definition) is 3. The number of nitrogens with one attached hydrogen (secondary N) is 1. The second kappa shape index (κ2) is 7.96. The lowest BCUT2D eigenvalue weighted by atomic mass is 10.3. The van der Waals surface area contributed by atoms with E-state index in [2.05, 4.69) is 5.32 Å². The molecule has 124 valence electrons. The number of anilines is 1. The van der Waals surface area contributed by atoms with Gasteiger partial charge in [0.2, 0.25) is 9.84 Å². The maximum atomic E-state index is 12.5. The molecule has 0 aliphatic rings. The Kier molecular flexibility index (Phi) is 5.97. The van der Waals surface area contributed by atoms with Crippen molar-refractivity contribution in [3.63, 3.8) is 0 Å². The number of aliphatic hydroxyl groups is 2. The monoisotopic (exact) mass is 337 g/mol. The molecule has 0 saturated heterocycles. The van der Waals surface area contributed by atoms with Crippen LogP contribution in [0.3, 0.4) is 0 Å². The second-order valence-corrected chi connectivity index (χ2v) is 6.81. The van der Waals surface area contributed by atoms with E-state index in [1.807, 2.05) is 6.07 Å². The standard InChI is InChI=1S/C16H19NO5S/c18-11-13(19)10-17-15-8-4-5-9-16(15)23(20,21)12-22-14-6-2-1-3-7-14/h1-9,13,17-19H,10-12H2. The van der Waals surface area contributed by atoms with E-state index >= 15 is 0 Å². The summed E-state index contributed by atoms with van der Waals surface area (Å²) in [4.78, 5) is 0.0843. The Morgan fingerprint density at radius 3 is 2.39 bits per heavy atom. The average Bonchev–Trinajstić information content (AvgIpc) is 2.59. The second-order valence-electron chi connectivity index (χ2n) is 4.90. The first-order chi connectivity index (χ1) is 11.0. The van der Waals surface area contributed by atoms with Gasteiger partial charge < -0.3 is 20.3 Å². The molecule has 0 heterocycles. The van der Waals surface area contributed by atoms with Crippen molar-refractivity contribution in [1.82, 2.24) is 0 Å². The lowest BCUT2D eigenvalue weighted by Crippen LogP contribution is -2.24. The zero-order valence-corrected chi connectivity index (χ0v) is 13.2. The molecule has 6 nitrogen and oxygen atoms in total. The van der Waals surface area contributed by atoms with Gasteiger partial charge in [0.1, 0.15) is 5.75 Å². The quantitative estimate of drug-likeness (QED) is 0.671. The van der Waals surface area contributed by atoms with Crippen molar-refractivity contribution in [1.29, 1.82) is 0 Å². The molecule has 7 heteroatoms. The zero-order valence-electron chi connectivity index (χ0n) is 12.4. The largest absolute Gasteiger partial charge is 0.477 e. The summed E-state index contributed by atoms with van der Waals surface area (Å²) in [5, 5.41) is 21.0. The van der Waals surface area contributed by atoms with Crippen LogP contribution in [0, 0.1) is 0 Å². The fraction of sp³-hybridized carbons (Fsp3) is 0.250. The van der Waals surface area contributed by atoms with Crippen LogP contribution in [0.2, 0.25) is 0 Å². The van der Waals surface area contributed by atoms with E-state index < -0.39 is 28.5 Å². The number of benzene rings is 2. The Morgan fingerprint density at radius 2 is 1.70 bits per heavy atom. The van der Waals surface area contributed by atoms with E-state index in [-0.39, 0.29) is 11.4 Å². The Balaban J connectivity index is 2.12. The highest BCUT2D eigenvalue weighted by molar-refractivity contribution is 7.91. The molecule has 0 radical (unpaired) electrons. The van der Waals surface area contributed by atoms with Gasteiger partial charge in [-0.1, -0.05) is 30.3 Å². The van der Waals surface area contributed by atoms with Gasteiger partial charge >= 0.3 is 0 Å². The highest BCUT2D eigenvalue weighted by Crippen LogP contribution is 2.23. The first-order valence-corrected chi connectivity index (χ1v) is 8.70. The normalized spacial score (nSPS) is 12.6. The molecule has 0 aliphatic heterocycles. The Bertz CT molecular complexity index is 718. The number of rotatable bonds is 8. The minimum Gasteiger partial charge on any atom is -0.477 e. The predicted octanol–water partition coefficient (Wildman–Crippen LogP) is 1.26. The van der Waals surface area contributed by atoms with Crippen molar-refractivity contribution in [2.75, 3.05) is 24.4 Å². The fourth-order valence-corrected chi connectivity index (χ4v) is 3.08. The molecule has 0 aromatic heterocycles. The molecule has 0 amide bonds. The van der Waals surface area contributed by atoms with Crippen LogP contribution in [0.5, 0.6) is 5.75 Å². The number of sulfone groups is 1. The van der Waals surface area contributed by atoms with E-state index in [4.69, 9.17) is 9.84 Å². The van der Waals surface area contributed by atoms with Gasteiger partial charge in [0, 0.05) is 6.54 Å². The smallest absolute Gasteiger partial charge is 0.215 e. The molecule has 0 aliphatic carbocycles. The summed E-state index contributed by atoms with van der Waals surface area (Å²) >= 11 is 0. The molecule has 23 heavy (non-hydrogen) atoms. The van der Waals surface area contributed by atoms with Crippen LogP contribution in [0.15, 0.2) is 59.5 Å². The van der Waals surface area contributed by atoms with Crippen molar-refractivity contribution in [2.24, 2.45) is 0 Å². The molecular weight excluding hydrogens is 318 g/mol. The maximum Gasteiger partial charge on any atom is 0.215 e. The molecule has 0 bridgehead atoms. The van der Waals surface area contributed by atoms with Gasteiger partial charge in [0.15, 0.2) is 5.94 Å². The van der Waals surface area contributed by atoms with Gasteiger partial charge in [-0.3, -0.25) is 0 Å². The lowest BCUT2D eigenvalue weighted by Gasteiger charge is -2.14. The molecule has 3 N–H and O–H groups in total. The molecule has 1 atom stereocenters. The number of para-hydroxylation sites is 2. The highest BCUT2D eigenvalue weighted by Gasteiger charge is 2.19. The first-order valence-electron chi connectivity index (χ1n) is 7.05. The zero-order chi connectivity index (χ0) is 16.7. The lowest BCUT2D eigenvalue weighted by molar-refractivity contribution is 0.105. The van der Waals surface area contributed by atoms with Gasteiger partial charge in [-0.2, -0.15) is 0 Å². The summed E-state index contributed by atoms with van der Waals surface area (Å²) in [6, 6.07) is 15.0. The Hall–Kier alpha value is -2.09. The molecule has 0 saturated carbocycles. The third-order valence-corrected chi connectivity index (χ3v) is 4.54. The minimum absolute atomic E-state index is 0.0442. The van der Waals surface area contributed by atoms with E-state index in [0.717, 1.165) is 0 Å². The van der Waals surface area contributed by atoms with Gasteiger partial charge in [-0.25, -0.2) is 8.42 Å². The van der Waals surface area contributed by atoms with Crippen LogP contribution in [0.1, 0.15) is 0 Å². The number of ether oxygens (including phenoxy) is 1. The van der Waals surface area contributed by atoms with E-state index in [9.17, 15) is 13.5 Å². The van der Waals surface area contributed by atoms with Gasteiger partial charge in [0.05, 0.1) is 23.3 Å².